The van der Waals surface area contributed by atoms with Gasteiger partial charge in [0.05, 0.1) is 11.5 Å². The maximum Gasteiger partial charge on any atom is 0.325 e. The lowest BCUT2D eigenvalue weighted by atomic mass is 10.1. The fraction of sp³-hybridized carbons (Fsp3) is 0.286. The summed E-state index contributed by atoms with van der Waals surface area (Å²) in [5.74, 6) is 1.78. The molecular formula is C14H16O2PS+. The first kappa shape index (κ1) is 13.4. The average molecular weight is 279 g/mol. The number of ether oxygens (including phenoxy) is 1. The minimum Gasteiger partial charge on any atom is -0.493 e. The minimum absolute atomic E-state index is 0.228. The first-order chi connectivity index (χ1) is 8.86. The molecule has 2 rings (SSSR count). The van der Waals surface area contributed by atoms with Crippen LogP contribution in [-0.4, -0.2) is 18.5 Å². The van der Waals surface area contributed by atoms with Gasteiger partial charge in [-0.25, -0.2) is 0 Å². The molecule has 4 heteroatoms. The smallest absolute Gasteiger partial charge is 0.325 e. The van der Waals surface area contributed by atoms with Crippen molar-refractivity contribution in [2.75, 3.05) is 18.5 Å². The Hall–Kier alpha value is -1.05. The van der Waals surface area contributed by atoms with Crippen LogP contribution in [0.15, 0.2) is 41.3 Å². The lowest BCUT2D eigenvalue weighted by molar-refractivity contribution is 0.333. The van der Waals surface area contributed by atoms with E-state index in [0.29, 0.717) is 6.61 Å². The second kappa shape index (κ2) is 6.77. The molecule has 0 fully saturated rings. The Bertz CT molecular complexity index is 542. The van der Waals surface area contributed by atoms with E-state index < -0.39 is 0 Å². The lowest BCUT2D eigenvalue weighted by Crippen LogP contribution is -1.94. The van der Waals surface area contributed by atoms with E-state index in [1.54, 1.807) is 11.8 Å². The molecule has 0 aromatic heterocycles. The Kier molecular flexibility index (Phi) is 5.03. The fourth-order valence-electron chi connectivity index (χ4n) is 1.84. The quantitative estimate of drug-likeness (QED) is 0.446. The highest BCUT2D eigenvalue weighted by Crippen LogP contribution is 2.36. The van der Waals surface area contributed by atoms with Gasteiger partial charge in [0, 0.05) is 5.75 Å². The van der Waals surface area contributed by atoms with Gasteiger partial charge in [0.25, 0.3) is 0 Å². The number of thioether (sulfide) groups is 1. The van der Waals surface area contributed by atoms with Crippen LogP contribution in [0.25, 0.3) is 10.8 Å². The molecule has 0 amide bonds. The van der Waals surface area contributed by atoms with Gasteiger partial charge < -0.3 is 4.74 Å². The Balaban J connectivity index is 2.41. The topological polar surface area (TPSA) is 26.3 Å². The highest BCUT2D eigenvalue weighted by Gasteiger charge is 2.09. The van der Waals surface area contributed by atoms with Gasteiger partial charge in [-0.15, -0.1) is 11.8 Å². The Morgan fingerprint density at radius 2 is 2.06 bits per heavy atom. The van der Waals surface area contributed by atoms with E-state index in [1.165, 1.54) is 10.8 Å². The number of hydrogen-bond acceptors (Lipinski definition) is 3. The number of benzene rings is 2. The first-order valence-corrected chi connectivity index (χ1v) is 8.09. The van der Waals surface area contributed by atoms with Gasteiger partial charge >= 0.3 is 8.46 Å². The molecule has 0 saturated carbocycles. The molecule has 94 valence electrons. The summed E-state index contributed by atoms with van der Waals surface area (Å²) in [4.78, 5) is 1.16. The first-order valence-electron chi connectivity index (χ1n) is 5.99. The molecule has 0 N–H and O–H groups in total. The van der Waals surface area contributed by atoms with Crippen molar-refractivity contribution in [3.05, 3.63) is 36.4 Å². The Morgan fingerprint density at radius 3 is 2.83 bits per heavy atom. The maximum absolute atomic E-state index is 10.6. The predicted molar refractivity (Wildman–Crippen MR) is 79.7 cm³/mol. The van der Waals surface area contributed by atoms with E-state index in [0.717, 1.165) is 22.6 Å². The summed E-state index contributed by atoms with van der Waals surface area (Å²) >= 11 is 1.72. The second-order valence-corrected chi connectivity index (χ2v) is 5.68. The van der Waals surface area contributed by atoms with Crippen LogP contribution >= 0.6 is 20.2 Å². The van der Waals surface area contributed by atoms with Crippen LogP contribution < -0.4 is 4.74 Å². The molecule has 1 unspecified atom stereocenters. The van der Waals surface area contributed by atoms with Crippen LogP contribution in [0.3, 0.4) is 0 Å². The fourth-order valence-corrected chi connectivity index (χ4v) is 3.39. The van der Waals surface area contributed by atoms with Crippen molar-refractivity contribution in [2.45, 2.75) is 11.8 Å². The Morgan fingerprint density at radius 1 is 1.22 bits per heavy atom. The van der Waals surface area contributed by atoms with Gasteiger partial charge in [0.15, 0.2) is 6.16 Å². The summed E-state index contributed by atoms with van der Waals surface area (Å²) in [6, 6.07) is 12.4. The highest BCUT2D eigenvalue weighted by atomic mass is 32.2. The zero-order valence-electron chi connectivity index (χ0n) is 10.3. The summed E-state index contributed by atoms with van der Waals surface area (Å²) in [7, 11) is -0.228. The normalized spacial score (nSPS) is 10.9. The summed E-state index contributed by atoms with van der Waals surface area (Å²) < 4.78 is 16.3. The van der Waals surface area contributed by atoms with Crippen LogP contribution in [0.1, 0.15) is 6.92 Å². The van der Waals surface area contributed by atoms with Gasteiger partial charge in [-0.05, 0) is 23.8 Å². The molecule has 0 aliphatic carbocycles. The van der Waals surface area contributed by atoms with Crippen molar-refractivity contribution in [1.82, 2.24) is 0 Å². The van der Waals surface area contributed by atoms with Crippen molar-refractivity contribution in [1.29, 1.82) is 0 Å². The molecule has 0 aliphatic heterocycles. The van der Waals surface area contributed by atoms with Crippen LogP contribution in [-0.2, 0) is 4.57 Å². The van der Waals surface area contributed by atoms with Crippen LogP contribution in [0.4, 0.5) is 0 Å². The van der Waals surface area contributed by atoms with E-state index in [4.69, 9.17) is 4.74 Å². The SMILES string of the molecule is CCOc1ccc2ccccc2c1SCC[PH+]=O. The predicted octanol–water partition coefficient (Wildman–Crippen LogP) is 4.35. The standard InChI is InChI=1S/C14H15O2PS/c1-2-16-13-8-7-11-5-3-4-6-12(11)14(13)18-10-9-17-15/h3-8H,2,9-10H2,1H3/p+1. The lowest BCUT2D eigenvalue weighted by Gasteiger charge is -2.12. The van der Waals surface area contributed by atoms with Crippen LogP contribution in [0, 0.1) is 0 Å². The molecule has 0 aliphatic rings. The molecule has 18 heavy (non-hydrogen) atoms. The van der Waals surface area contributed by atoms with Crippen molar-refractivity contribution in [2.24, 2.45) is 0 Å². The minimum atomic E-state index is -0.228. The molecule has 1 atom stereocenters. The molecule has 2 aromatic rings. The third-order valence-electron chi connectivity index (χ3n) is 2.59. The largest absolute Gasteiger partial charge is 0.493 e. The van der Waals surface area contributed by atoms with Crippen molar-refractivity contribution in [3.8, 4) is 5.75 Å². The number of rotatable bonds is 6. The molecule has 0 radical (unpaired) electrons. The zero-order chi connectivity index (χ0) is 12.8. The molecule has 2 aromatic carbocycles. The average Bonchev–Trinajstić information content (AvgIpc) is 2.41. The van der Waals surface area contributed by atoms with Crippen LogP contribution in [0.2, 0.25) is 0 Å². The summed E-state index contributed by atoms with van der Waals surface area (Å²) in [6.45, 7) is 2.65. The zero-order valence-corrected chi connectivity index (χ0v) is 12.1. The van der Waals surface area contributed by atoms with Gasteiger partial charge in [0.2, 0.25) is 0 Å². The molecule has 0 saturated heterocycles. The molecule has 0 spiro atoms. The second-order valence-electron chi connectivity index (χ2n) is 3.79. The highest BCUT2D eigenvalue weighted by molar-refractivity contribution is 7.99. The van der Waals surface area contributed by atoms with E-state index in [-0.39, 0.29) is 8.46 Å². The molecular weight excluding hydrogens is 263 g/mol. The third-order valence-corrected chi connectivity index (χ3v) is 4.53. The summed E-state index contributed by atoms with van der Waals surface area (Å²) in [5.41, 5.74) is 0. The molecule has 2 nitrogen and oxygen atoms in total. The van der Waals surface area contributed by atoms with E-state index in [2.05, 4.69) is 18.2 Å². The van der Waals surface area contributed by atoms with Gasteiger partial charge in [0.1, 0.15) is 5.75 Å². The van der Waals surface area contributed by atoms with E-state index in [9.17, 15) is 4.57 Å². The van der Waals surface area contributed by atoms with Gasteiger partial charge in [-0.2, -0.15) is 0 Å². The Labute approximate surface area is 113 Å². The van der Waals surface area contributed by atoms with Crippen molar-refractivity contribution in [3.63, 3.8) is 0 Å². The number of fused-ring (bicyclic) bond motifs is 1. The van der Waals surface area contributed by atoms with Crippen molar-refractivity contribution >= 4 is 31.0 Å². The number of hydrogen-bond donors (Lipinski definition) is 0. The van der Waals surface area contributed by atoms with Crippen molar-refractivity contribution < 1.29 is 9.30 Å². The van der Waals surface area contributed by atoms with E-state index in [1.807, 2.05) is 25.1 Å². The molecule has 0 bridgehead atoms. The maximum atomic E-state index is 10.6. The van der Waals surface area contributed by atoms with E-state index >= 15 is 0 Å². The third kappa shape index (κ3) is 3.04. The monoisotopic (exact) mass is 279 g/mol. The summed E-state index contributed by atoms with van der Waals surface area (Å²) in [5, 5.41) is 2.43. The van der Waals surface area contributed by atoms with Gasteiger partial charge in [-0.1, -0.05) is 34.9 Å². The molecule has 0 heterocycles. The van der Waals surface area contributed by atoms with Gasteiger partial charge in [-0.3, -0.25) is 0 Å². The summed E-state index contributed by atoms with van der Waals surface area (Å²) in [6.07, 6.45) is 0.722. The van der Waals surface area contributed by atoms with Crippen LogP contribution in [0.5, 0.6) is 5.75 Å².